The normalized spacial score (nSPS) is 11.0. The molecule has 0 saturated heterocycles. The Bertz CT molecular complexity index is 748. The number of hydrogen-bond donors (Lipinski definition) is 1. The lowest BCUT2D eigenvalue weighted by Crippen LogP contribution is -2.24. The second-order valence-corrected chi connectivity index (χ2v) is 6.83. The summed E-state index contributed by atoms with van der Waals surface area (Å²) in [6.45, 7) is 4.04. The number of amides is 1. The van der Waals surface area contributed by atoms with E-state index < -0.39 is 0 Å². The van der Waals surface area contributed by atoms with Crippen LogP contribution in [0.3, 0.4) is 0 Å². The maximum Gasteiger partial charge on any atom is 0.277 e. The zero-order valence-electron chi connectivity index (χ0n) is 13.4. The van der Waals surface area contributed by atoms with Crippen molar-refractivity contribution in [2.45, 2.75) is 19.8 Å². The summed E-state index contributed by atoms with van der Waals surface area (Å²) in [5.74, 6) is 0.662. The largest absolute Gasteiger partial charge is 0.483 e. The quantitative estimate of drug-likeness (QED) is 0.552. The molecule has 0 atom stereocenters. The van der Waals surface area contributed by atoms with Gasteiger partial charge in [-0.2, -0.15) is 5.10 Å². The molecule has 0 saturated carbocycles. The van der Waals surface area contributed by atoms with Gasteiger partial charge in [-0.15, -0.1) is 0 Å². The smallest absolute Gasteiger partial charge is 0.277 e. The lowest BCUT2D eigenvalue weighted by atomic mass is 10.0. The molecule has 1 N–H and O–H groups in total. The minimum atomic E-state index is -0.328. The van der Waals surface area contributed by atoms with Crippen LogP contribution in [-0.2, 0) is 4.79 Å². The molecule has 0 bridgehead atoms. The Balaban J connectivity index is 1.90. The summed E-state index contributed by atoms with van der Waals surface area (Å²) < 4.78 is 6.59. The summed E-state index contributed by atoms with van der Waals surface area (Å²) in [4.78, 5) is 11.8. The van der Waals surface area contributed by atoms with Crippen LogP contribution in [0.25, 0.3) is 0 Å². The second-order valence-electron chi connectivity index (χ2n) is 5.47. The topological polar surface area (TPSA) is 50.7 Å². The van der Waals surface area contributed by atoms with Gasteiger partial charge in [-0.1, -0.05) is 53.5 Å². The van der Waals surface area contributed by atoms with Gasteiger partial charge < -0.3 is 4.74 Å². The van der Waals surface area contributed by atoms with Crippen LogP contribution in [-0.4, -0.2) is 18.7 Å². The van der Waals surface area contributed by atoms with E-state index in [9.17, 15) is 4.79 Å². The molecule has 0 aromatic heterocycles. The fourth-order valence-electron chi connectivity index (χ4n) is 2.04. The summed E-state index contributed by atoms with van der Waals surface area (Å²) in [6, 6.07) is 12.9. The van der Waals surface area contributed by atoms with Crippen molar-refractivity contribution >= 4 is 39.7 Å². The van der Waals surface area contributed by atoms with Gasteiger partial charge in [0.25, 0.3) is 5.91 Å². The molecule has 0 unspecified atom stereocenters. The Hall–Kier alpha value is -1.85. The molecule has 24 heavy (non-hydrogen) atoms. The van der Waals surface area contributed by atoms with Gasteiger partial charge in [-0.05, 0) is 47.4 Å². The average Bonchev–Trinajstić information content (AvgIpc) is 2.53. The second kappa shape index (κ2) is 8.85. The van der Waals surface area contributed by atoms with E-state index in [0.29, 0.717) is 16.7 Å². The summed E-state index contributed by atoms with van der Waals surface area (Å²) in [7, 11) is 0. The summed E-state index contributed by atoms with van der Waals surface area (Å²) in [5, 5.41) is 4.51. The molecule has 0 aliphatic rings. The van der Waals surface area contributed by atoms with Crippen LogP contribution in [0.15, 0.2) is 52.0 Å². The molecule has 1 amide bonds. The summed E-state index contributed by atoms with van der Waals surface area (Å²) in [5.41, 5.74) is 4.28. The number of carbonyl (C=O) groups is 1. The first-order valence-corrected chi connectivity index (χ1v) is 8.62. The van der Waals surface area contributed by atoms with E-state index in [1.165, 1.54) is 6.21 Å². The monoisotopic (exact) mass is 408 g/mol. The lowest BCUT2D eigenvalue weighted by Gasteiger charge is -2.13. The highest BCUT2D eigenvalue weighted by Gasteiger charge is 2.10. The van der Waals surface area contributed by atoms with E-state index >= 15 is 0 Å². The van der Waals surface area contributed by atoms with Crippen molar-refractivity contribution < 1.29 is 9.53 Å². The van der Waals surface area contributed by atoms with Crippen molar-refractivity contribution in [1.29, 1.82) is 0 Å². The highest BCUT2D eigenvalue weighted by Crippen LogP contribution is 2.29. The van der Waals surface area contributed by atoms with Crippen LogP contribution in [0.5, 0.6) is 5.75 Å². The van der Waals surface area contributed by atoms with E-state index in [-0.39, 0.29) is 12.5 Å². The molecule has 0 fully saturated rings. The Labute approximate surface area is 155 Å². The number of nitrogens with one attached hydrogen (secondary N) is 1. The van der Waals surface area contributed by atoms with Gasteiger partial charge in [0.2, 0.25) is 0 Å². The van der Waals surface area contributed by atoms with Crippen molar-refractivity contribution in [3.05, 3.63) is 63.1 Å². The number of carbonyl (C=O) groups excluding carboxylic acids is 1. The zero-order valence-corrected chi connectivity index (χ0v) is 15.8. The molecule has 0 spiro atoms. The summed E-state index contributed by atoms with van der Waals surface area (Å²) >= 11 is 9.33. The van der Waals surface area contributed by atoms with Gasteiger partial charge in [0.05, 0.1) is 6.21 Å². The fourth-order valence-corrected chi connectivity index (χ4v) is 2.62. The molecule has 126 valence electrons. The van der Waals surface area contributed by atoms with E-state index in [2.05, 4.69) is 40.3 Å². The molecule has 2 aromatic rings. The first kappa shape index (κ1) is 18.5. The molecule has 0 radical (unpaired) electrons. The van der Waals surface area contributed by atoms with Crippen molar-refractivity contribution in [3.8, 4) is 5.75 Å². The Morgan fingerprint density at radius 3 is 2.83 bits per heavy atom. The van der Waals surface area contributed by atoms with Crippen molar-refractivity contribution in [1.82, 2.24) is 5.43 Å². The van der Waals surface area contributed by atoms with Gasteiger partial charge in [0, 0.05) is 9.50 Å². The molecule has 0 aliphatic heterocycles. The minimum absolute atomic E-state index is 0.103. The number of hydrogen-bond acceptors (Lipinski definition) is 3. The Kier molecular flexibility index (Phi) is 6.82. The predicted octanol–water partition coefficient (Wildman–Crippen LogP) is 4.76. The van der Waals surface area contributed by atoms with Crippen LogP contribution in [0.4, 0.5) is 0 Å². The molecule has 0 heterocycles. The standard InChI is InChI=1S/C18H18BrClN2O2/c1-12(2)16-9-14(19)6-7-17(16)24-11-18(23)22-21-10-13-4-3-5-15(20)8-13/h3-10,12H,11H2,1-2H3,(H,22,23)/b21-10+. The summed E-state index contributed by atoms with van der Waals surface area (Å²) in [6.07, 6.45) is 1.53. The van der Waals surface area contributed by atoms with E-state index in [0.717, 1.165) is 15.6 Å². The van der Waals surface area contributed by atoms with Crippen LogP contribution >= 0.6 is 27.5 Å². The highest BCUT2D eigenvalue weighted by atomic mass is 79.9. The van der Waals surface area contributed by atoms with Crippen LogP contribution in [0.1, 0.15) is 30.9 Å². The molecular formula is C18H18BrClN2O2. The molecule has 4 nitrogen and oxygen atoms in total. The minimum Gasteiger partial charge on any atom is -0.483 e. The van der Waals surface area contributed by atoms with Gasteiger partial charge >= 0.3 is 0 Å². The molecule has 6 heteroatoms. The SMILES string of the molecule is CC(C)c1cc(Br)ccc1OCC(=O)N/N=C/c1cccc(Cl)c1. The zero-order chi connectivity index (χ0) is 17.5. The number of benzene rings is 2. The fraction of sp³-hybridized carbons (Fsp3) is 0.222. The predicted molar refractivity (Wildman–Crippen MR) is 101 cm³/mol. The number of ether oxygens (including phenoxy) is 1. The molecule has 2 rings (SSSR count). The maximum absolute atomic E-state index is 11.8. The Morgan fingerprint density at radius 2 is 2.12 bits per heavy atom. The van der Waals surface area contributed by atoms with Crippen molar-refractivity contribution in [2.24, 2.45) is 5.10 Å². The van der Waals surface area contributed by atoms with Gasteiger partial charge in [-0.3, -0.25) is 4.79 Å². The number of halogens is 2. The molecule has 2 aromatic carbocycles. The lowest BCUT2D eigenvalue weighted by molar-refractivity contribution is -0.123. The third kappa shape index (κ3) is 5.65. The number of nitrogens with zero attached hydrogens (tertiary/aromatic N) is 1. The van der Waals surface area contributed by atoms with Gasteiger partial charge in [0.15, 0.2) is 6.61 Å². The van der Waals surface area contributed by atoms with E-state index in [1.807, 2.05) is 30.3 Å². The third-order valence-electron chi connectivity index (χ3n) is 3.20. The maximum atomic E-state index is 11.8. The third-order valence-corrected chi connectivity index (χ3v) is 3.93. The van der Waals surface area contributed by atoms with Crippen LogP contribution < -0.4 is 10.2 Å². The number of rotatable bonds is 6. The van der Waals surface area contributed by atoms with E-state index in [1.54, 1.807) is 12.1 Å². The highest BCUT2D eigenvalue weighted by molar-refractivity contribution is 9.10. The Morgan fingerprint density at radius 1 is 1.33 bits per heavy atom. The van der Waals surface area contributed by atoms with Crippen LogP contribution in [0, 0.1) is 0 Å². The average molecular weight is 410 g/mol. The first-order chi connectivity index (χ1) is 11.5. The first-order valence-electron chi connectivity index (χ1n) is 7.45. The molecule has 0 aliphatic carbocycles. The van der Waals surface area contributed by atoms with E-state index in [4.69, 9.17) is 16.3 Å². The van der Waals surface area contributed by atoms with Crippen molar-refractivity contribution in [3.63, 3.8) is 0 Å². The van der Waals surface area contributed by atoms with Gasteiger partial charge in [0.1, 0.15) is 5.75 Å². The number of hydrazone groups is 1. The van der Waals surface area contributed by atoms with Gasteiger partial charge in [-0.25, -0.2) is 5.43 Å². The van der Waals surface area contributed by atoms with Crippen LogP contribution in [0.2, 0.25) is 5.02 Å². The van der Waals surface area contributed by atoms with Crippen molar-refractivity contribution in [2.75, 3.05) is 6.61 Å². The molecular weight excluding hydrogens is 392 g/mol.